The number of aliphatic hydroxyl groups is 1. The van der Waals surface area contributed by atoms with Crippen LogP contribution in [0.2, 0.25) is 0 Å². The fourth-order valence-electron chi connectivity index (χ4n) is 2.17. The molecule has 0 aromatic carbocycles. The van der Waals surface area contributed by atoms with E-state index >= 15 is 0 Å². The Bertz CT molecular complexity index is 168. The van der Waals surface area contributed by atoms with E-state index in [9.17, 15) is 0 Å². The first-order valence-corrected chi connectivity index (χ1v) is 7.64. The summed E-state index contributed by atoms with van der Waals surface area (Å²) in [4.78, 5) is 0. The first kappa shape index (κ1) is 20.8. The average molecular weight is 264 g/mol. The molecule has 0 aromatic rings. The van der Waals surface area contributed by atoms with Crippen molar-refractivity contribution in [2.75, 3.05) is 0 Å². The van der Waals surface area contributed by atoms with Gasteiger partial charge in [-0.15, -0.1) is 0 Å². The number of aliphatic hydroxyl groups excluding tert-OH is 1. The van der Waals surface area contributed by atoms with Crippen molar-refractivity contribution in [1.29, 1.82) is 0 Å². The number of allylic oxidation sites excluding steroid dienone is 1. The molecule has 0 aliphatic carbocycles. The zero-order valence-electron chi connectivity index (χ0n) is 11.8. The molecule has 0 rings (SSSR count). The van der Waals surface area contributed by atoms with Gasteiger partial charge in [0.1, 0.15) is 0 Å². The Balaban J connectivity index is 0. The van der Waals surface area contributed by atoms with Gasteiger partial charge in [-0.2, -0.15) is 0 Å². The second-order valence-electron chi connectivity index (χ2n) is 5.21. The molecule has 0 bridgehead atoms. The van der Waals surface area contributed by atoms with E-state index < -0.39 is 0 Å². The summed E-state index contributed by atoms with van der Waals surface area (Å²) in [5.74, 6) is 0.345. The van der Waals surface area contributed by atoms with Crippen LogP contribution in [0, 0.1) is 0 Å². The van der Waals surface area contributed by atoms with E-state index in [1.54, 1.807) is 0 Å². The Morgan fingerprint density at radius 3 is 1.39 bits per heavy atom. The van der Waals surface area contributed by atoms with E-state index in [4.69, 9.17) is 5.11 Å². The van der Waals surface area contributed by atoms with Gasteiger partial charge in [0.15, 0.2) is 0 Å². The third-order valence-corrected chi connectivity index (χ3v) is 3.32. The molecule has 2 heteroatoms. The molecule has 1 N–H and O–H groups in total. The predicted molar refractivity (Wildman–Crippen MR) is 84.6 cm³/mol. The SMILES string of the molecule is C=C(O)CCCCCCCCCCCCCC.[NaH]. The quantitative estimate of drug-likeness (QED) is 0.264. The van der Waals surface area contributed by atoms with E-state index in [1.807, 2.05) is 0 Å². The topological polar surface area (TPSA) is 20.2 Å². The van der Waals surface area contributed by atoms with Crippen LogP contribution in [0.25, 0.3) is 0 Å². The molecule has 0 spiro atoms. The molecule has 1 nitrogen and oxygen atoms in total. The third kappa shape index (κ3) is 18.9. The number of hydrogen-bond donors (Lipinski definition) is 1. The van der Waals surface area contributed by atoms with Crippen LogP contribution < -0.4 is 0 Å². The standard InChI is InChI=1S/C16H32O.Na.H/c1-3-4-5-6-7-8-9-10-11-12-13-14-15-16(2)17;;/h17H,2-15H2,1H3;;. The number of hydrogen-bond acceptors (Lipinski definition) is 1. The van der Waals surface area contributed by atoms with Gasteiger partial charge in [-0.25, -0.2) is 0 Å². The molecule has 0 saturated carbocycles. The third-order valence-electron chi connectivity index (χ3n) is 3.32. The van der Waals surface area contributed by atoms with Gasteiger partial charge in [0, 0.05) is 6.42 Å². The molecular weight excluding hydrogens is 231 g/mol. The molecule has 0 saturated heterocycles. The molecule has 104 valence electrons. The molecule has 0 aliphatic heterocycles. The van der Waals surface area contributed by atoms with Crippen LogP contribution in [0.4, 0.5) is 0 Å². The minimum absolute atomic E-state index is 0. The van der Waals surface area contributed by atoms with Crippen molar-refractivity contribution >= 4 is 29.6 Å². The molecule has 0 radical (unpaired) electrons. The predicted octanol–water partition coefficient (Wildman–Crippen LogP) is 5.50. The van der Waals surface area contributed by atoms with Crippen LogP contribution in [0.5, 0.6) is 0 Å². The van der Waals surface area contributed by atoms with Crippen molar-refractivity contribution in [3.05, 3.63) is 12.3 Å². The van der Waals surface area contributed by atoms with Gasteiger partial charge in [-0.1, -0.05) is 84.1 Å². The Morgan fingerprint density at radius 1 is 0.722 bits per heavy atom. The summed E-state index contributed by atoms with van der Waals surface area (Å²) in [6, 6.07) is 0. The summed E-state index contributed by atoms with van der Waals surface area (Å²) in [5, 5.41) is 8.92. The van der Waals surface area contributed by atoms with Gasteiger partial charge < -0.3 is 5.11 Å². The van der Waals surface area contributed by atoms with Crippen molar-refractivity contribution < 1.29 is 5.11 Å². The minimum atomic E-state index is 0. The van der Waals surface area contributed by atoms with Gasteiger partial charge in [-0.3, -0.25) is 0 Å². The first-order valence-electron chi connectivity index (χ1n) is 7.64. The van der Waals surface area contributed by atoms with Crippen molar-refractivity contribution in [2.24, 2.45) is 0 Å². The normalized spacial score (nSPS) is 10.1. The van der Waals surface area contributed by atoms with Gasteiger partial charge >= 0.3 is 29.6 Å². The van der Waals surface area contributed by atoms with Crippen molar-refractivity contribution in [2.45, 2.75) is 90.4 Å². The molecule has 0 fully saturated rings. The van der Waals surface area contributed by atoms with E-state index in [-0.39, 0.29) is 29.6 Å². The molecule has 0 aromatic heterocycles. The Hall–Kier alpha value is 0.540. The Kier molecular flexibility index (Phi) is 20.3. The molecule has 0 aliphatic rings. The van der Waals surface area contributed by atoms with Crippen LogP contribution in [0.15, 0.2) is 12.3 Å². The maximum absolute atomic E-state index is 8.92. The summed E-state index contributed by atoms with van der Waals surface area (Å²) in [5.41, 5.74) is 0. The van der Waals surface area contributed by atoms with E-state index in [0.29, 0.717) is 5.76 Å². The van der Waals surface area contributed by atoms with Crippen LogP contribution in [-0.2, 0) is 0 Å². The van der Waals surface area contributed by atoms with E-state index in [2.05, 4.69) is 13.5 Å². The Morgan fingerprint density at radius 2 is 1.06 bits per heavy atom. The van der Waals surface area contributed by atoms with Gasteiger partial charge in [0.05, 0.1) is 5.76 Å². The maximum atomic E-state index is 8.92. The molecular formula is C16H33NaO. The molecule has 0 unspecified atom stereocenters. The summed E-state index contributed by atoms with van der Waals surface area (Å²) < 4.78 is 0. The molecule has 18 heavy (non-hydrogen) atoms. The van der Waals surface area contributed by atoms with Crippen LogP contribution in [-0.4, -0.2) is 34.7 Å². The molecule has 0 heterocycles. The zero-order valence-corrected chi connectivity index (χ0v) is 11.8. The summed E-state index contributed by atoms with van der Waals surface area (Å²) in [6.45, 7) is 5.77. The van der Waals surface area contributed by atoms with E-state index in [0.717, 1.165) is 12.8 Å². The first-order chi connectivity index (χ1) is 8.27. The van der Waals surface area contributed by atoms with Gasteiger partial charge in [-0.05, 0) is 6.42 Å². The fourth-order valence-corrected chi connectivity index (χ4v) is 2.17. The van der Waals surface area contributed by atoms with E-state index in [1.165, 1.54) is 70.6 Å². The van der Waals surface area contributed by atoms with Gasteiger partial charge in [0.2, 0.25) is 0 Å². The Labute approximate surface area is 137 Å². The molecule has 0 amide bonds. The summed E-state index contributed by atoms with van der Waals surface area (Å²) in [7, 11) is 0. The number of unbranched alkanes of at least 4 members (excludes halogenated alkanes) is 11. The molecule has 0 atom stereocenters. The second-order valence-corrected chi connectivity index (χ2v) is 5.21. The average Bonchev–Trinajstić information content (AvgIpc) is 2.30. The number of rotatable bonds is 13. The van der Waals surface area contributed by atoms with Crippen molar-refractivity contribution in [3.63, 3.8) is 0 Å². The second kappa shape index (κ2) is 17.5. The fraction of sp³-hybridized carbons (Fsp3) is 0.875. The zero-order chi connectivity index (χ0) is 12.8. The van der Waals surface area contributed by atoms with Crippen molar-refractivity contribution in [3.8, 4) is 0 Å². The van der Waals surface area contributed by atoms with Gasteiger partial charge in [0.25, 0.3) is 0 Å². The van der Waals surface area contributed by atoms with Crippen molar-refractivity contribution in [1.82, 2.24) is 0 Å². The van der Waals surface area contributed by atoms with Crippen LogP contribution in [0.1, 0.15) is 90.4 Å². The van der Waals surface area contributed by atoms with Crippen LogP contribution >= 0.6 is 0 Å². The monoisotopic (exact) mass is 264 g/mol. The summed E-state index contributed by atoms with van der Waals surface area (Å²) in [6.07, 6.45) is 17.1. The van der Waals surface area contributed by atoms with Crippen LogP contribution in [0.3, 0.4) is 0 Å². The summed E-state index contributed by atoms with van der Waals surface area (Å²) >= 11 is 0.